The molecular formula is C6H11CuNO4. The monoisotopic (exact) mass is 224 g/mol. The van der Waals surface area contributed by atoms with Crippen molar-refractivity contribution in [2.24, 2.45) is 5.73 Å². The zero-order valence-electron chi connectivity index (χ0n) is 6.54. The first-order valence-electron chi connectivity index (χ1n) is 3.13. The van der Waals surface area contributed by atoms with Crippen LogP contribution in [0, 0.1) is 0 Å². The molecule has 1 radical (unpaired) electrons. The number of hydrogen-bond donors (Lipinski definition) is 2. The van der Waals surface area contributed by atoms with Gasteiger partial charge in [-0.15, -0.1) is 0 Å². The summed E-state index contributed by atoms with van der Waals surface area (Å²) < 4.78 is 4.29. The average molecular weight is 225 g/mol. The van der Waals surface area contributed by atoms with Crippen LogP contribution in [0.2, 0.25) is 0 Å². The van der Waals surface area contributed by atoms with Crippen LogP contribution >= 0.6 is 0 Å². The molecule has 0 heterocycles. The number of carboxylic acids is 1. The van der Waals surface area contributed by atoms with Gasteiger partial charge in [-0.3, -0.25) is 9.59 Å². The van der Waals surface area contributed by atoms with Crippen LogP contribution in [0.5, 0.6) is 0 Å². The summed E-state index contributed by atoms with van der Waals surface area (Å²) in [6.07, 6.45) is 0.159. The third kappa shape index (κ3) is 6.15. The summed E-state index contributed by atoms with van der Waals surface area (Å²) in [6, 6.07) is -0.978. The summed E-state index contributed by atoms with van der Waals surface area (Å²) in [7, 11) is 1.24. The molecule has 0 aromatic carbocycles. The second-order valence-electron chi connectivity index (χ2n) is 2.06. The minimum atomic E-state index is -1.10. The number of nitrogens with two attached hydrogens (primary N) is 1. The summed E-state index contributed by atoms with van der Waals surface area (Å²) in [6.45, 7) is 0. The summed E-state index contributed by atoms with van der Waals surface area (Å²) in [5, 5.41) is 8.29. The fraction of sp³-hybridized carbons (Fsp3) is 0.667. The number of ether oxygens (including phenoxy) is 1. The predicted octanol–water partition coefficient (Wildman–Crippen LogP) is -0.651. The zero-order valence-corrected chi connectivity index (χ0v) is 7.48. The summed E-state index contributed by atoms with van der Waals surface area (Å²) >= 11 is 0. The zero-order chi connectivity index (χ0) is 8.85. The fourth-order valence-electron chi connectivity index (χ4n) is 0.499. The van der Waals surface area contributed by atoms with E-state index in [4.69, 9.17) is 10.8 Å². The van der Waals surface area contributed by atoms with E-state index in [1.54, 1.807) is 0 Å². The minimum absolute atomic E-state index is 0. The molecule has 5 nitrogen and oxygen atoms in total. The first-order chi connectivity index (χ1) is 5.07. The number of carbonyl (C=O) groups excluding carboxylic acids is 1. The van der Waals surface area contributed by atoms with Crippen molar-refractivity contribution in [2.75, 3.05) is 7.11 Å². The van der Waals surface area contributed by atoms with Crippen molar-refractivity contribution in [3.63, 3.8) is 0 Å². The Hall–Kier alpha value is -0.581. The smallest absolute Gasteiger partial charge is 0.320 e. The summed E-state index contributed by atoms with van der Waals surface area (Å²) in [5.74, 6) is -1.55. The second-order valence-corrected chi connectivity index (χ2v) is 2.06. The number of carbonyl (C=O) groups is 2. The Balaban J connectivity index is 0. The molecule has 12 heavy (non-hydrogen) atoms. The fourth-order valence-corrected chi connectivity index (χ4v) is 0.499. The van der Waals surface area contributed by atoms with Crippen molar-refractivity contribution in [3.8, 4) is 0 Å². The van der Waals surface area contributed by atoms with Crippen molar-refractivity contribution in [3.05, 3.63) is 0 Å². The van der Waals surface area contributed by atoms with Gasteiger partial charge in [0, 0.05) is 23.5 Å². The molecule has 0 spiro atoms. The van der Waals surface area contributed by atoms with Crippen LogP contribution in [0.25, 0.3) is 0 Å². The van der Waals surface area contributed by atoms with Crippen molar-refractivity contribution >= 4 is 11.9 Å². The van der Waals surface area contributed by atoms with Crippen LogP contribution < -0.4 is 5.73 Å². The molecule has 0 fully saturated rings. The average Bonchev–Trinajstić information content (AvgIpc) is 1.99. The molecule has 75 valence electrons. The molecule has 0 saturated heterocycles. The standard InChI is InChI=1S/C6H11NO4.Cu/c1-11-5(8)3-2-4(7)6(9)10;/h4H,2-3,7H2,1H3,(H,9,10);. The first kappa shape index (κ1) is 14.0. The molecule has 0 bridgehead atoms. The number of methoxy groups -OCH3 is 1. The van der Waals surface area contributed by atoms with Crippen LogP contribution in [0.3, 0.4) is 0 Å². The van der Waals surface area contributed by atoms with Crippen molar-refractivity contribution in [1.29, 1.82) is 0 Å². The Morgan fingerprint density at radius 2 is 2.08 bits per heavy atom. The van der Waals surface area contributed by atoms with Gasteiger partial charge >= 0.3 is 11.9 Å². The first-order valence-corrected chi connectivity index (χ1v) is 3.13. The second kappa shape index (κ2) is 7.09. The summed E-state index contributed by atoms with van der Waals surface area (Å²) in [5.41, 5.74) is 5.11. The van der Waals surface area contributed by atoms with Crippen molar-refractivity contribution < 1.29 is 36.5 Å². The van der Waals surface area contributed by atoms with E-state index in [2.05, 4.69) is 4.74 Å². The molecule has 0 aliphatic carbocycles. The number of aliphatic carboxylic acids is 1. The van der Waals surface area contributed by atoms with Gasteiger partial charge in [-0.2, -0.15) is 0 Å². The van der Waals surface area contributed by atoms with Crippen molar-refractivity contribution in [1.82, 2.24) is 0 Å². The molecule has 0 amide bonds. The molecule has 0 aromatic rings. The Morgan fingerprint density at radius 1 is 1.58 bits per heavy atom. The van der Waals surface area contributed by atoms with Gasteiger partial charge in [0.25, 0.3) is 0 Å². The topological polar surface area (TPSA) is 89.6 Å². The molecule has 1 atom stereocenters. The van der Waals surface area contributed by atoms with Crippen LogP contribution in [-0.4, -0.2) is 30.2 Å². The van der Waals surface area contributed by atoms with Gasteiger partial charge in [-0.25, -0.2) is 0 Å². The Labute approximate surface area is 80.7 Å². The predicted molar refractivity (Wildman–Crippen MR) is 36.9 cm³/mol. The van der Waals surface area contributed by atoms with Gasteiger partial charge in [-0.1, -0.05) is 0 Å². The van der Waals surface area contributed by atoms with E-state index in [0.29, 0.717) is 0 Å². The summed E-state index contributed by atoms with van der Waals surface area (Å²) in [4.78, 5) is 20.6. The van der Waals surface area contributed by atoms with E-state index in [9.17, 15) is 9.59 Å². The van der Waals surface area contributed by atoms with E-state index >= 15 is 0 Å². The van der Waals surface area contributed by atoms with Gasteiger partial charge in [0.15, 0.2) is 0 Å². The van der Waals surface area contributed by atoms with Gasteiger partial charge < -0.3 is 15.6 Å². The van der Waals surface area contributed by atoms with Gasteiger partial charge in [0.1, 0.15) is 6.04 Å². The maximum absolute atomic E-state index is 10.5. The van der Waals surface area contributed by atoms with Crippen LogP contribution in [0.15, 0.2) is 0 Å². The normalized spacial score (nSPS) is 11.2. The van der Waals surface area contributed by atoms with E-state index in [0.717, 1.165) is 0 Å². The van der Waals surface area contributed by atoms with Gasteiger partial charge in [0.2, 0.25) is 0 Å². The Morgan fingerprint density at radius 3 is 2.42 bits per heavy atom. The third-order valence-electron chi connectivity index (χ3n) is 1.20. The van der Waals surface area contributed by atoms with Crippen LogP contribution in [-0.2, 0) is 31.4 Å². The Kier molecular flexibility index (Phi) is 8.25. The number of carboxylic acid groups (broad SMARTS) is 1. The van der Waals surface area contributed by atoms with Crippen molar-refractivity contribution in [2.45, 2.75) is 18.9 Å². The molecular weight excluding hydrogens is 214 g/mol. The van der Waals surface area contributed by atoms with E-state index in [-0.39, 0.29) is 29.9 Å². The van der Waals surface area contributed by atoms with E-state index in [1.807, 2.05) is 0 Å². The quantitative estimate of drug-likeness (QED) is 0.489. The molecule has 1 unspecified atom stereocenters. The van der Waals surface area contributed by atoms with Gasteiger partial charge in [0.05, 0.1) is 7.11 Å². The van der Waals surface area contributed by atoms with Gasteiger partial charge in [-0.05, 0) is 6.42 Å². The molecule has 3 N–H and O–H groups in total. The van der Waals surface area contributed by atoms with E-state index in [1.165, 1.54) is 7.11 Å². The number of hydrogen-bond acceptors (Lipinski definition) is 4. The van der Waals surface area contributed by atoms with E-state index < -0.39 is 18.0 Å². The Bertz CT molecular complexity index is 162. The molecule has 0 aromatic heterocycles. The minimum Gasteiger partial charge on any atom is -0.480 e. The SMILES string of the molecule is COC(=O)CCC(N)C(=O)O.[Cu]. The number of rotatable bonds is 4. The maximum Gasteiger partial charge on any atom is 0.320 e. The third-order valence-corrected chi connectivity index (χ3v) is 1.20. The largest absolute Gasteiger partial charge is 0.480 e. The molecule has 0 aliphatic heterocycles. The maximum atomic E-state index is 10.5. The molecule has 6 heteroatoms. The number of esters is 1. The molecule has 0 rings (SSSR count). The molecule has 0 saturated carbocycles. The molecule has 0 aliphatic rings. The van der Waals surface area contributed by atoms with Crippen LogP contribution in [0.1, 0.15) is 12.8 Å². The van der Waals surface area contributed by atoms with Crippen LogP contribution in [0.4, 0.5) is 0 Å².